The fraction of sp³-hybridized carbons (Fsp3) is 0.300. The molecular weight excluding hydrogens is 190 g/mol. The molecular formula is C10H13N5. The highest BCUT2D eigenvalue weighted by Crippen LogP contribution is 2.15. The van der Waals surface area contributed by atoms with Crippen LogP contribution in [0.1, 0.15) is 12.7 Å². The van der Waals surface area contributed by atoms with E-state index in [9.17, 15) is 0 Å². The average molecular weight is 203 g/mol. The summed E-state index contributed by atoms with van der Waals surface area (Å²) in [5.41, 5.74) is 6.37. The molecule has 0 bridgehead atoms. The molecule has 0 unspecified atom stereocenters. The van der Waals surface area contributed by atoms with Gasteiger partial charge in [-0.25, -0.2) is 14.6 Å². The van der Waals surface area contributed by atoms with E-state index in [0.29, 0.717) is 5.82 Å². The Bertz CT molecular complexity index is 474. The molecule has 15 heavy (non-hydrogen) atoms. The van der Waals surface area contributed by atoms with Gasteiger partial charge in [-0.05, 0) is 12.1 Å². The van der Waals surface area contributed by atoms with Gasteiger partial charge in [-0.1, -0.05) is 13.0 Å². The molecule has 78 valence electrons. The number of hydrogen-bond donors (Lipinski definition) is 1. The molecule has 0 aliphatic carbocycles. The summed E-state index contributed by atoms with van der Waals surface area (Å²) in [7, 11) is 1.85. The van der Waals surface area contributed by atoms with Crippen LogP contribution in [0, 0.1) is 0 Å². The van der Waals surface area contributed by atoms with E-state index in [1.54, 1.807) is 10.7 Å². The van der Waals surface area contributed by atoms with Gasteiger partial charge in [0.05, 0.1) is 0 Å². The lowest BCUT2D eigenvalue weighted by Crippen LogP contribution is -1.98. The van der Waals surface area contributed by atoms with Gasteiger partial charge in [0.15, 0.2) is 11.6 Å². The Morgan fingerprint density at radius 3 is 2.73 bits per heavy atom. The minimum atomic E-state index is 0.494. The van der Waals surface area contributed by atoms with Crippen molar-refractivity contribution in [2.24, 2.45) is 7.05 Å². The van der Waals surface area contributed by atoms with Crippen LogP contribution < -0.4 is 5.73 Å². The number of nitrogens with zero attached hydrogens (tertiary/aromatic N) is 4. The van der Waals surface area contributed by atoms with Gasteiger partial charge in [0.1, 0.15) is 11.5 Å². The van der Waals surface area contributed by atoms with Crippen LogP contribution in [0.25, 0.3) is 11.5 Å². The van der Waals surface area contributed by atoms with Crippen molar-refractivity contribution in [1.29, 1.82) is 0 Å². The third kappa shape index (κ3) is 1.81. The monoisotopic (exact) mass is 203 g/mol. The number of nitrogen functional groups attached to an aromatic ring is 1. The van der Waals surface area contributed by atoms with E-state index in [4.69, 9.17) is 5.73 Å². The van der Waals surface area contributed by atoms with E-state index in [2.05, 4.69) is 15.1 Å². The predicted molar refractivity (Wildman–Crippen MR) is 58.0 cm³/mol. The summed E-state index contributed by atoms with van der Waals surface area (Å²) >= 11 is 0. The summed E-state index contributed by atoms with van der Waals surface area (Å²) in [4.78, 5) is 8.58. The summed E-state index contributed by atoms with van der Waals surface area (Å²) in [6.07, 6.45) is 0.816. The number of anilines is 1. The average Bonchev–Trinajstić information content (AvgIpc) is 2.60. The summed E-state index contributed by atoms with van der Waals surface area (Å²) in [5, 5.41) is 4.26. The smallest absolute Gasteiger partial charge is 0.176 e. The highest BCUT2D eigenvalue weighted by molar-refractivity contribution is 5.52. The summed E-state index contributed by atoms with van der Waals surface area (Å²) in [6.45, 7) is 2.02. The second-order valence-electron chi connectivity index (χ2n) is 3.28. The molecule has 0 aliphatic heterocycles. The number of nitrogens with two attached hydrogens (primary N) is 1. The van der Waals surface area contributed by atoms with E-state index in [1.807, 2.05) is 26.1 Å². The molecule has 0 saturated heterocycles. The molecule has 0 amide bonds. The number of aromatic nitrogens is 4. The van der Waals surface area contributed by atoms with E-state index >= 15 is 0 Å². The number of hydrogen-bond acceptors (Lipinski definition) is 4. The highest BCUT2D eigenvalue weighted by atomic mass is 15.3. The second-order valence-corrected chi connectivity index (χ2v) is 3.28. The largest absolute Gasteiger partial charge is 0.384 e. The number of rotatable bonds is 2. The maximum Gasteiger partial charge on any atom is 0.176 e. The topological polar surface area (TPSA) is 69.6 Å². The Balaban J connectivity index is 2.48. The molecule has 0 aliphatic rings. The third-order valence-corrected chi connectivity index (χ3v) is 2.12. The van der Waals surface area contributed by atoms with Crippen LogP contribution in [0.3, 0.4) is 0 Å². The molecule has 0 aromatic carbocycles. The van der Waals surface area contributed by atoms with Crippen molar-refractivity contribution >= 4 is 5.82 Å². The van der Waals surface area contributed by atoms with Crippen molar-refractivity contribution in [3.05, 3.63) is 24.0 Å². The molecule has 2 aromatic heterocycles. The zero-order chi connectivity index (χ0) is 10.8. The zero-order valence-electron chi connectivity index (χ0n) is 8.81. The van der Waals surface area contributed by atoms with E-state index in [0.717, 1.165) is 23.8 Å². The van der Waals surface area contributed by atoms with Crippen molar-refractivity contribution in [3.8, 4) is 11.5 Å². The van der Waals surface area contributed by atoms with Gasteiger partial charge in [0, 0.05) is 13.5 Å². The number of pyridine rings is 1. The quantitative estimate of drug-likeness (QED) is 0.791. The molecule has 5 heteroatoms. The highest BCUT2D eigenvalue weighted by Gasteiger charge is 2.09. The van der Waals surface area contributed by atoms with Gasteiger partial charge in [0.25, 0.3) is 0 Å². The Hall–Kier alpha value is -1.91. The van der Waals surface area contributed by atoms with E-state index in [1.165, 1.54) is 0 Å². The van der Waals surface area contributed by atoms with Gasteiger partial charge in [0.2, 0.25) is 0 Å². The lowest BCUT2D eigenvalue weighted by molar-refractivity contribution is 0.751. The van der Waals surface area contributed by atoms with Crippen molar-refractivity contribution < 1.29 is 0 Å². The van der Waals surface area contributed by atoms with Crippen molar-refractivity contribution in [2.75, 3.05) is 5.73 Å². The first-order valence-electron chi connectivity index (χ1n) is 4.83. The molecule has 0 atom stereocenters. The predicted octanol–water partition coefficient (Wildman–Crippen LogP) is 1.02. The Labute approximate surface area is 88.0 Å². The van der Waals surface area contributed by atoms with Crippen molar-refractivity contribution in [3.63, 3.8) is 0 Å². The summed E-state index contributed by atoms with van der Waals surface area (Å²) in [5.74, 6) is 2.06. The maximum atomic E-state index is 5.62. The molecule has 0 fully saturated rings. The first-order valence-corrected chi connectivity index (χ1v) is 4.83. The lowest BCUT2D eigenvalue weighted by atomic mass is 10.3. The van der Waals surface area contributed by atoms with E-state index in [-0.39, 0.29) is 0 Å². The van der Waals surface area contributed by atoms with Crippen LogP contribution in [-0.2, 0) is 13.5 Å². The molecule has 0 saturated carbocycles. The van der Waals surface area contributed by atoms with Crippen molar-refractivity contribution in [2.45, 2.75) is 13.3 Å². The first kappa shape index (κ1) is 9.64. The van der Waals surface area contributed by atoms with E-state index < -0.39 is 0 Å². The third-order valence-electron chi connectivity index (χ3n) is 2.12. The Kier molecular flexibility index (Phi) is 2.37. The molecule has 2 N–H and O–H groups in total. The molecule has 0 spiro atoms. The standard InChI is InChI=1S/C10H13N5/c1-3-9-13-10(15(2)14-9)7-5-4-6-8(11)12-7/h4-6H,3H2,1-2H3,(H2,11,12). The fourth-order valence-electron chi connectivity index (χ4n) is 1.39. The minimum absolute atomic E-state index is 0.494. The lowest BCUT2D eigenvalue weighted by Gasteiger charge is -1.99. The molecule has 5 nitrogen and oxygen atoms in total. The fourth-order valence-corrected chi connectivity index (χ4v) is 1.39. The van der Waals surface area contributed by atoms with Crippen LogP contribution in [-0.4, -0.2) is 19.7 Å². The number of aryl methyl sites for hydroxylation is 2. The van der Waals surface area contributed by atoms with Gasteiger partial charge >= 0.3 is 0 Å². The van der Waals surface area contributed by atoms with Gasteiger partial charge in [-0.15, -0.1) is 0 Å². The van der Waals surface area contributed by atoms with Crippen LogP contribution in [0.2, 0.25) is 0 Å². The second kappa shape index (κ2) is 3.68. The molecule has 2 aromatic rings. The zero-order valence-corrected chi connectivity index (χ0v) is 8.81. The van der Waals surface area contributed by atoms with Crippen LogP contribution >= 0.6 is 0 Å². The maximum absolute atomic E-state index is 5.62. The molecule has 2 heterocycles. The Morgan fingerprint density at radius 2 is 2.13 bits per heavy atom. The minimum Gasteiger partial charge on any atom is -0.384 e. The van der Waals surface area contributed by atoms with Gasteiger partial charge in [-0.3, -0.25) is 0 Å². The first-order chi connectivity index (χ1) is 7.20. The normalized spacial score (nSPS) is 10.5. The van der Waals surface area contributed by atoms with Crippen LogP contribution in [0.4, 0.5) is 5.82 Å². The Morgan fingerprint density at radius 1 is 1.33 bits per heavy atom. The summed E-state index contributed by atoms with van der Waals surface area (Å²) < 4.78 is 1.72. The molecule has 0 radical (unpaired) electrons. The molecule has 2 rings (SSSR count). The van der Waals surface area contributed by atoms with Gasteiger partial charge in [-0.2, -0.15) is 5.10 Å². The van der Waals surface area contributed by atoms with Crippen LogP contribution in [0.15, 0.2) is 18.2 Å². The van der Waals surface area contributed by atoms with Gasteiger partial charge < -0.3 is 5.73 Å². The van der Waals surface area contributed by atoms with Crippen LogP contribution in [0.5, 0.6) is 0 Å². The summed E-state index contributed by atoms with van der Waals surface area (Å²) in [6, 6.07) is 5.48. The SMILES string of the molecule is CCc1nc(-c2cccc(N)n2)n(C)n1. The van der Waals surface area contributed by atoms with Crippen molar-refractivity contribution in [1.82, 2.24) is 19.7 Å².